The molecule has 3 N–H and O–H groups in total. The average Bonchev–Trinajstić information content (AvgIpc) is 2.32. The predicted molar refractivity (Wildman–Crippen MR) is 70.2 cm³/mol. The summed E-state index contributed by atoms with van der Waals surface area (Å²) in [5.41, 5.74) is 5.66. The van der Waals surface area contributed by atoms with E-state index < -0.39 is 0 Å². The van der Waals surface area contributed by atoms with Gasteiger partial charge in [-0.3, -0.25) is 0 Å². The van der Waals surface area contributed by atoms with Crippen LogP contribution in [0.15, 0.2) is 12.4 Å². The van der Waals surface area contributed by atoms with Crippen molar-refractivity contribution in [2.24, 2.45) is 5.73 Å². The Morgan fingerprint density at radius 2 is 2.29 bits per heavy atom. The molecule has 1 aromatic rings. The predicted octanol–water partition coefficient (Wildman–Crippen LogP) is 1.22. The number of aromatic nitrogens is 2. The fourth-order valence-corrected chi connectivity index (χ4v) is 1.76. The Bertz CT molecular complexity index is 364. The molecule has 0 amide bonds. The number of rotatable bonds is 5. The molecule has 5 heteroatoms. The van der Waals surface area contributed by atoms with E-state index >= 15 is 0 Å². The maximum Gasteiger partial charge on any atom is 0.134 e. The first kappa shape index (κ1) is 12.1. The zero-order chi connectivity index (χ0) is 12.3. The van der Waals surface area contributed by atoms with E-state index in [1.807, 2.05) is 13.1 Å². The summed E-state index contributed by atoms with van der Waals surface area (Å²) < 4.78 is 0. The molecule has 94 valence electrons. The third-order valence-corrected chi connectivity index (χ3v) is 3.47. The molecule has 5 nitrogen and oxygen atoms in total. The summed E-state index contributed by atoms with van der Waals surface area (Å²) in [6.07, 6.45) is 5.42. The van der Waals surface area contributed by atoms with Crippen LogP contribution >= 0.6 is 0 Å². The topological polar surface area (TPSA) is 67.1 Å². The van der Waals surface area contributed by atoms with Crippen molar-refractivity contribution in [1.82, 2.24) is 9.97 Å². The van der Waals surface area contributed by atoms with Crippen LogP contribution in [0.1, 0.15) is 26.2 Å². The molecule has 2 rings (SSSR count). The Balaban J connectivity index is 2.04. The minimum atomic E-state index is 0.279. The van der Waals surface area contributed by atoms with Crippen molar-refractivity contribution in [3.63, 3.8) is 0 Å². The van der Waals surface area contributed by atoms with Crippen molar-refractivity contribution in [3.05, 3.63) is 12.4 Å². The van der Waals surface area contributed by atoms with Crippen LogP contribution < -0.4 is 16.0 Å². The first-order valence-corrected chi connectivity index (χ1v) is 6.22. The highest BCUT2D eigenvalue weighted by Gasteiger charge is 2.18. The van der Waals surface area contributed by atoms with E-state index in [-0.39, 0.29) is 6.04 Å². The number of hydrogen-bond acceptors (Lipinski definition) is 5. The van der Waals surface area contributed by atoms with Gasteiger partial charge in [0.1, 0.15) is 18.0 Å². The van der Waals surface area contributed by atoms with Gasteiger partial charge in [0.05, 0.1) is 0 Å². The molecule has 0 radical (unpaired) electrons. The smallest absolute Gasteiger partial charge is 0.134 e. The molecule has 1 unspecified atom stereocenters. The van der Waals surface area contributed by atoms with Crippen molar-refractivity contribution >= 4 is 11.6 Å². The fourth-order valence-electron chi connectivity index (χ4n) is 1.76. The molecule has 1 aromatic heterocycles. The van der Waals surface area contributed by atoms with Crippen LogP contribution in [-0.2, 0) is 0 Å². The highest BCUT2D eigenvalue weighted by molar-refractivity contribution is 5.49. The molecule has 1 atom stereocenters. The SMILES string of the molecule is CC(CN)N(C)c1cc(NC2CCC2)ncn1. The van der Waals surface area contributed by atoms with Crippen molar-refractivity contribution in [2.75, 3.05) is 23.8 Å². The van der Waals surface area contributed by atoms with Crippen LogP contribution in [0.4, 0.5) is 11.6 Å². The third kappa shape index (κ3) is 2.85. The summed E-state index contributed by atoms with van der Waals surface area (Å²) in [4.78, 5) is 10.6. The quantitative estimate of drug-likeness (QED) is 0.803. The van der Waals surface area contributed by atoms with Crippen LogP contribution in [0.2, 0.25) is 0 Å². The Labute approximate surface area is 102 Å². The third-order valence-electron chi connectivity index (χ3n) is 3.47. The van der Waals surface area contributed by atoms with E-state index in [2.05, 4.69) is 27.1 Å². The number of hydrogen-bond donors (Lipinski definition) is 2. The van der Waals surface area contributed by atoms with Crippen molar-refractivity contribution in [3.8, 4) is 0 Å². The van der Waals surface area contributed by atoms with Crippen LogP contribution in [-0.4, -0.2) is 35.6 Å². The number of nitrogens with two attached hydrogens (primary N) is 1. The van der Waals surface area contributed by atoms with E-state index in [1.54, 1.807) is 6.33 Å². The second-order valence-electron chi connectivity index (χ2n) is 4.73. The summed E-state index contributed by atoms with van der Waals surface area (Å²) >= 11 is 0. The molecule has 1 fully saturated rings. The van der Waals surface area contributed by atoms with Crippen molar-refractivity contribution < 1.29 is 0 Å². The molecule has 0 bridgehead atoms. The summed E-state index contributed by atoms with van der Waals surface area (Å²) in [6.45, 7) is 2.70. The zero-order valence-electron chi connectivity index (χ0n) is 10.6. The second-order valence-corrected chi connectivity index (χ2v) is 4.73. The normalized spacial score (nSPS) is 17.4. The Morgan fingerprint density at radius 1 is 1.53 bits per heavy atom. The lowest BCUT2D eigenvalue weighted by Crippen LogP contribution is -2.36. The molecule has 0 saturated heterocycles. The first-order chi connectivity index (χ1) is 8.20. The van der Waals surface area contributed by atoms with Crippen LogP contribution in [0.25, 0.3) is 0 Å². The lowest BCUT2D eigenvalue weighted by atomic mass is 9.93. The molecular weight excluding hydrogens is 214 g/mol. The standard InChI is InChI=1S/C12H21N5/c1-9(7-13)17(2)12-6-11(14-8-15-12)16-10-4-3-5-10/h6,8-10H,3-5,7,13H2,1-2H3,(H,14,15,16). The van der Waals surface area contributed by atoms with Crippen molar-refractivity contribution in [1.29, 1.82) is 0 Å². The maximum absolute atomic E-state index is 5.66. The fraction of sp³-hybridized carbons (Fsp3) is 0.667. The summed E-state index contributed by atoms with van der Waals surface area (Å²) in [5.74, 6) is 1.83. The van der Waals surface area contributed by atoms with E-state index in [0.717, 1.165) is 11.6 Å². The van der Waals surface area contributed by atoms with Gasteiger partial charge in [-0.2, -0.15) is 0 Å². The van der Waals surface area contributed by atoms with Gasteiger partial charge in [0.25, 0.3) is 0 Å². The van der Waals surface area contributed by atoms with E-state index in [4.69, 9.17) is 5.73 Å². The summed E-state index contributed by atoms with van der Waals surface area (Å²) in [5, 5.41) is 3.42. The second kappa shape index (κ2) is 5.31. The van der Waals surface area contributed by atoms with Gasteiger partial charge < -0.3 is 16.0 Å². The molecular formula is C12H21N5. The molecule has 1 aliphatic rings. The minimum absolute atomic E-state index is 0.279. The largest absolute Gasteiger partial charge is 0.367 e. The van der Waals surface area contributed by atoms with Crippen molar-refractivity contribution in [2.45, 2.75) is 38.3 Å². The first-order valence-electron chi connectivity index (χ1n) is 6.22. The number of anilines is 2. The number of nitrogens with one attached hydrogen (secondary N) is 1. The molecule has 0 spiro atoms. The van der Waals surface area contributed by atoms with E-state index in [0.29, 0.717) is 12.6 Å². The monoisotopic (exact) mass is 235 g/mol. The van der Waals surface area contributed by atoms with Gasteiger partial charge >= 0.3 is 0 Å². The van der Waals surface area contributed by atoms with Crippen LogP contribution in [0, 0.1) is 0 Å². The van der Waals surface area contributed by atoms with Gasteiger partial charge in [-0.15, -0.1) is 0 Å². The lowest BCUT2D eigenvalue weighted by molar-refractivity contribution is 0.444. The van der Waals surface area contributed by atoms with Gasteiger partial charge in [0.2, 0.25) is 0 Å². The zero-order valence-corrected chi connectivity index (χ0v) is 10.6. The average molecular weight is 235 g/mol. The number of likely N-dealkylation sites (N-methyl/N-ethyl adjacent to an activating group) is 1. The molecule has 0 aliphatic heterocycles. The van der Waals surface area contributed by atoms with Gasteiger partial charge in [-0.25, -0.2) is 9.97 Å². The van der Waals surface area contributed by atoms with E-state index in [1.165, 1.54) is 19.3 Å². The van der Waals surface area contributed by atoms with Crippen LogP contribution in [0.3, 0.4) is 0 Å². The maximum atomic E-state index is 5.66. The molecule has 1 heterocycles. The highest BCUT2D eigenvalue weighted by atomic mass is 15.2. The Kier molecular flexibility index (Phi) is 3.78. The molecule has 1 aliphatic carbocycles. The van der Waals surface area contributed by atoms with Gasteiger partial charge in [-0.05, 0) is 26.2 Å². The molecule has 17 heavy (non-hydrogen) atoms. The van der Waals surface area contributed by atoms with Gasteiger partial charge in [0.15, 0.2) is 0 Å². The molecule has 1 saturated carbocycles. The lowest BCUT2D eigenvalue weighted by Gasteiger charge is -2.28. The van der Waals surface area contributed by atoms with Crippen LogP contribution in [0.5, 0.6) is 0 Å². The number of nitrogens with zero attached hydrogens (tertiary/aromatic N) is 3. The van der Waals surface area contributed by atoms with Gasteiger partial charge in [-0.1, -0.05) is 0 Å². The Hall–Kier alpha value is -1.36. The minimum Gasteiger partial charge on any atom is -0.367 e. The summed E-state index contributed by atoms with van der Waals surface area (Å²) in [7, 11) is 2.01. The highest BCUT2D eigenvalue weighted by Crippen LogP contribution is 2.23. The molecule has 0 aromatic carbocycles. The van der Waals surface area contributed by atoms with E-state index in [9.17, 15) is 0 Å². The summed E-state index contributed by atoms with van der Waals surface area (Å²) in [6, 6.07) is 2.86. The van der Waals surface area contributed by atoms with Gasteiger partial charge in [0, 0.05) is 31.7 Å². The Morgan fingerprint density at radius 3 is 2.88 bits per heavy atom.